The molecule has 8 bridgehead atoms. The van der Waals surface area contributed by atoms with E-state index in [1.165, 1.54) is 0 Å². The molecule has 9 rings (SSSR count). The summed E-state index contributed by atoms with van der Waals surface area (Å²) in [6, 6.07) is 41.4. The van der Waals surface area contributed by atoms with Crippen LogP contribution in [0.15, 0.2) is 121 Å². The maximum Gasteiger partial charge on any atom is 0.119 e. The highest BCUT2D eigenvalue weighted by Gasteiger charge is 2.19. The Morgan fingerprint density at radius 2 is 0.531 bits per heavy atom. The SMILES string of the molecule is BrCCOc1ccc(-c2c3nc(c(-c4ccc(OCCBr)cc4)c4ccc([nH]4)c(-c4ccc(OCCBr)cc4)c4nc(c(-c5ccc(OCCBr)cc5)c5ccc2[nH]5)C=C4)C=C3)cc1. The summed E-state index contributed by atoms with van der Waals surface area (Å²) in [6.45, 7) is 2.29. The molecule has 0 atom stereocenters. The van der Waals surface area contributed by atoms with Gasteiger partial charge in [0.25, 0.3) is 0 Å². The van der Waals surface area contributed by atoms with Gasteiger partial charge in [-0.1, -0.05) is 112 Å². The standard InChI is InChI=1S/C52H42Br4N4O4/c53-25-29-61-37-9-1-33(2-10-37)49-41-17-19-43(57-41)50(34-3-11-38(12-4-34)62-30-26-54)45-21-23-47(59-45)52(36-7-15-40(16-8-36)64-32-28-56)48-24-22-46(60-48)51(44-20-18-42(49)58-44)35-5-13-39(14-6-35)63-31-27-55/h1-24,57,60H,25-32H2. The predicted molar refractivity (Wildman–Crippen MR) is 278 cm³/mol. The zero-order valence-corrected chi connectivity index (χ0v) is 40.9. The number of fused-ring (bicyclic) bond motifs is 8. The van der Waals surface area contributed by atoms with Crippen molar-refractivity contribution in [2.75, 3.05) is 47.7 Å². The Kier molecular flexibility index (Phi) is 14.1. The molecule has 2 aliphatic heterocycles. The monoisotopic (exact) mass is 1100 g/mol. The topological polar surface area (TPSA) is 94.3 Å². The Labute approximate surface area is 405 Å². The van der Waals surface area contributed by atoms with Crippen LogP contribution < -0.4 is 18.9 Å². The molecule has 0 amide bonds. The largest absolute Gasteiger partial charge is 0.493 e. The minimum absolute atomic E-state index is 0.574. The van der Waals surface area contributed by atoms with E-state index in [4.69, 9.17) is 28.9 Å². The first-order valence-corrected chi connectivity index (χ1v) is 25.3. The van der Waals surface area contributed by atoms with Gasteiger partial charge in [0.15, 0.2) is 0 Å². The van der Waals surface area contributed by atoms with Gasteiger partial charge < -0.3 is 28.9 Å². The second-order valence-corrected chi connectivity index (χ2v) is 17.9. The summed E-state index contributed by atoms with van der Waals surface area (Å²) in [5.41, 5.74) is 14.7. The first-order chi connectivity index (χ1) is 31.5. The molecule has 12 heteroatoms. The Morgan fingerprint density at radius 1 is 0.312 bits per heavy atom. The van der Waals surface area contributed by atoms with Gasteiger partial charge in [0.2, 0.25) is 0 Å². The summed E-state index contributed by atoms with van der Waals surface area (Å²) < 4.78 is 23.8. The number of nitrogens with one attached hydrogen (secondary N) is 2. The van der Waals surface area contributed by atoms with Crippen molar-refractivity contribution in [1.29, 1.82) is 0 Å². The fraction of sp³-hybridized carbons (Fsp3) is 0.154. The molecule has 0 spiro atoms. The Bertz CT molecular complexity index is 2580. The third-order valence-electron chi connectivity index (χ3n) is 10.7. The number of nitrogens with zero attached hydrogens (tertiary/aromatic N) is 2. The van der Waals surface area contributed by atoms with Crippen molar-refractivity contribution in [1.82, 2.24) is 19.9 Å². The van der Waals surface area contributed by atoms with Crippen LogP contribution in [-0.4, -0.2) is 67.7 Å². The number of aromatic nitrogens is 4. The molecular weight excluding hydrogens is 1060 g/mol. The van der Waals surface area contributed by atoms with Crippen molar-refractivity contribution < 1.29 is 18.9 Å². The second kappa shape index (κ2) is 20.6. The smallest absolute Gasteiger partial charge is 0.119 e. The molecule has 4 aromatic carbocycles. The number of hydrogen-bond acceptors (Lipinski definition) is 6. The summed E-state index contributed by atoms with van der Waals surface area (Å²) in [7, 11) is 0. The third-order valence-corrected chi connectivity index (χ3v) is 12.0. The van der Waals surface area contributed by atoms with Crippen molar-refractivity contribution in [3.8, 4) is 67.5 Å². The fourth-order valence-corrected chi connectivity index (χ4v) is 8.56. The summed E-state index contributed by atoms with van der Waals surface area (Å²) in [6.07, 6.45) is 8.42. The van der Waals surface area contributed by atoms with Crippen LogP contribution in [0.2, 0.25) is 0 Å². The third kappa shape index (κ3) is 9.66. The van der Waals surface area contributed by atoms with Crippen LogP contribution in [0.4, 0.5) is 0 Å². The molecule has 64 heavy (non-hydrogen) atoms. The van der Waals surface area contributed by atoms with Gasteiger partial charge in [-0.15, -0.1) is 0 Å². The highest BCUT2D eigenvalue weighted by Crippen LogP contribution is 2.39. The molecule has 2 N–H and O–H groups in total. The first-order valence-electron chi connectivity index (χ1n) is 20.9. The number of halogens is 4. The maximum absolute atomic E-state index is 5.95. The van der Waals surface area contributed by atoms with Crippen LogP contribution in [0.1, 0.15) is 22.8 Å². The first kappa shape index (κ1) is 43.8. The zero-order chi connectivity index (χ0) is 43.8. The maximum atomic E-state index is 5.95. The van der Waals surface area contributed by atoms with E-state index in [1.807, 2.05) is 48.5 Å². The van der Waals surface area contributed by atoms with Crippen LogP contribution in [0.25, 0.3) is 90.9 Å². The predicted octanol–water partition coefficient (Wildman–Crippen LogP) is 14.4. The van der Waals surface area contributed by atoms with Crippen LogP contribution in [-0.2, 0) is 0 Å². The number of aromatic amines is 2. The van der Waals surface area contributed by atoms with E-state index in [1.54, 1.807) is 0 Å². The van der Waals surface area contributed by atoms with Crippen LogP contribution in [0.5, 0.6) is 23.0 Å². The molecular formula is C52H42Br4N4O4. The Hall–Kier alpha value is -5.40. The van der Waals surface area contributed by atoms with Crippen molar-refractivity contribution >= 4 is 110 Å². The number of hydrogen-bond donors (Lipinski definition) is 2. The van der Waals surface area contributed by atoms with Crippen LogP contribution in [0.3, 0.4) is 0 Å². The van der Waals surface area contributed by atoms with Gasteiger partial charge in [-0.3, -0.25) is 0 Å². The van der Waals surface area contributed by atoms with Crippen molar-refractivity contribution in [3.63, 3.8) is 0 Å². The van der Waals surface area contributed by atoms with E-state index >= 15 is 0 Å². The lowest BCUT2D eigenvalue weighted by Gasteiger charge is -2.09. The molecule has 7 aromatic rings. The molecule has 0 fully saturated rings. The summed E-state index contributed by atoms with van der Waals surface area (Å²) in [4.78, 5) is 18.6. The molecule has 322 valence electrons. The average Bonchev–Trinajstić information content (AvgIpc) is 4.19. The molecule has 0 radical (unpaired) electrons. The lowest BCUT2D eigenvalue weighted by Crippen LogP contribution is -1.97. The van der Waals surface area contributed by atoms with Gasteiger partial charge in [0.05, 0.1) is 49.2 Å². The molecule has 0 saturated carbocycles. The normalized spacial score (nSPS) is 11.8. The van der Waals surface area contributed by atoms with Gasteiger partial charge >= 0.3 is 0 Å². The van der Waals surface area contributed by atoms with E-state index in [-0.39, 0.29) is 0 Å². The van der Waals surface area contributed by atoms with E-state index in [0.717, 1.165) is 134 Å². The quantitative estimate of drug-likeness (QED) is 0.0936. The van der Waals surface area contributed by atoms with Crippen molar-refractivity contribution in [3.05, 3.63) is 144 Å². The number of alkyl halides is 4. The van der Waals surface area contributed by atoms with E-state index in [9.17, 15) is 0 Å². The fourth-order valence-electron chi connectivity index (χ4n) is 7.92. The number of benzene rings is 4. The number of H-pyrrole nitrogens is 2. The highest BCUT2D eigenvalue weighted by molar-refractivity contribution is 9.09. The molecule has 0 aliphatic carbocycles. The Balaban J connectivity index is 1.36. The highest BCUT2D eigenvalue weighted by atomic mass is 79.9. The van der Waals surface area contributed by atoms with E-state index in [0.29, 0.717) is 26.4 Å². The molecule has 3 aromatic heterocycles. The van der Waals surface area contributed by atoms with Crippen molar-refractivity contribution in [2.24, 2.45) is 0 Å². The van der Waals surface area contributed by atoms with Crippen LogP contribution >= 0.6 is 63.7 Å². The molecule has 5 heterocycles. The van der Waals surface area contributed by atoms with E-state index < -0.39 is 0 Å². The van der Waals surface area contributed by atoms with Crippen molar-refractivity contribution in [2.45, 2.75) is 0 Å². The summed E-state index contributed by atoms with van der Waals surface area (Å²) in [5, 5.41) is 2.98. The van der Waals surface area contributed by atoms with Crippen LogP contribution in [0, 0.1) is 0 Å². The summed E-state index contributed by atoms with van der Waals surface area (Å²) in [5.74, 6) is 3.20. The lowest BCUT2D eigenvalue weighted by molar-refractivity contribution is 0.345. The van der Waals surface area contributed by atoms with Gasteiger partial charge in [-0.2, -0.15) is 0 Å². The zero-order valence-electron chi connectivity index (χ0n) is 34.6. The van der Waals surface area contributed by atoms with Gasteiger partial charge in [-0.25, -0.2) is 9.97 Å². The van der Waals surface area contributed by atoms with Gasteiger partial charge in [0, 0.05) is 65.6 Å². The van der Waals surface area contributed by atoms with Gasteiger partial charge in [-0.05, 0) is 119 Å². The van der Waals surface area contributed by atoms with Gasteiger partial charge in [0.1, 0.15) is 23.0 Å². The minimum Gasteiger partial charge on any atom is -0.493 e. The number of ether oxygens (including phenoxy) is 4. The summed E-state index contributed by atoms with van der Waals surface area (Å²) >= 11 is 13.9. The molecule has 2 aliphatic rings. The average molecular weight is 1110 g/mol. The lowest BCUT2D eigenvalue weighted by atomic mass is 10.0. The second-order valence-electron chi connectivity index (χ2n) is 14.7. The molecule has 0 saturated heterocycles. The number of rotatable bonds is 16. The molecule has 0 unspecified atom stereocenters. The molecule has 8 nitrogen and oxygen atoms in total. The Morgan fingerprint density at radius 3 is 0.734 bits per heavy atom. The minimum atomic E-state index is 0.574. The van der Waals surface area contributed by atoms with E-state index in [2.05, 4.69) is 171 Å².